The fraction of sp³-hybridized carbons (Fsp3) is 0.464. The van der Waals surface area contributed by atoms with Gasteiger partial charge in [-0.1, -0.05) is 23.7 Å². The fourth-order valence-corrected chi connectivity index (χ4v) is 5.60. The lowest BCUT2D eigenvalue weighted by Crippen LogP contribution is -2.55. The first-order valence-electron chi connectivity index (χ1n) is 13.2. The number of carbonyl (C=O) groups excluding carboxylic acids is 1. The zero-order valence-corrected chi connectivity index (χ0v) is 23.2. The number of aromatic hydroxyl groups is 1. The van der Waals surface area contributed by atoms with E-state index in [1.165, 1.54) is 0 Å². The first-order valence-corrected chi connectivity index (χ1v) is 13.6. The van der Waals surface area contributed by atoms with E-state index in [0.717, 1.165) is 31.5 Å². The topological polar surface area (TPSA) is 135 Å². The van der Waals surface area contributed by atoms with Gasteiger partial charge in [-0.25, -0.2) is 4.98 Å². The molecule has 0 spiro atoms. The van der Waals surface area contributed by atoms with Gasteiger partial charge >= 0.3 is 0 Å². The standard InChI is InChI=1S/C28H35ClN6O4/c1-28(2)14-18-23(30)19(29)13-17(24(18)39-28)26(37)32-21-9-12-35(15-22(21)38-3)11-6-10-31-27-33-20-8-5-4-7-16(20)25(36)34-27/h4-5,7-8,13,21-22H,6,9-12,14-15,30H2,1-3H3,(H,32,37)(H2,31,33,34,36)/t21-,22+/m0/s1. The summed E-state index contributed by atoms with van der Waals surface area (Å²) in [6.07, 6.45) is 2.03. The van der Waals surface area contributed by atoms with Gasteiger partial charge in [0.05, 0.1) is 39.3 Å². The van der Waals surface area contributed by atoms with Crippen molar-refractivity contribution in [2.75, 3.05) is 44.3 Å². The lowest BCUT2D eigenvalue weighted by molar-refractivity contribution is 0.00634. The molecule has 2 aliphatic heterocycles. The third kappa shape index (κ3) is 5.83. The van der Waals surface area contributed by atoms with Crippen molar-refractivity contribution < 1.29 is 19.4 Å². The number of methoxy groups -OCH3 is 1. The van der Waals surface area contributed by atoms with Crippen LogP contribution in [-0.4, -0.2) is 76.9 Å². The predicted octanol–water partition coefficient (Wildman–Crippen LogP) is 3.61. The van der Waals surface area contributed by atoms with Crippen molar-refractivity contribution in [3.8, 4) is 11.6 Å². The number of likely N-dealkylation sites (tertiary alicyclic amines) is 1. The number of para-hydroxylation sites is 1. The normalized spacial score (nSPS) is 20.4. The SMILES string of the molecule is CO[C@@H]1CN(CCCNc2nc(O)c3ccccc3n2)CC[C@@H]1NC(=O)c1cc(Cl)c(N)c2c1OC(C)(C)C2. The highest BCUT2D eigenvalue weighted by molar-refractivity contribution is 6.33. The first kappa shape index (κ1) is 27.2. The quantitative estimate of drug-likeness (QED) is 0.243. The molecule has 2 aliphatic rings. The molecule has 0 saturated carbocycles. The number of carbonyl (C=O) groups is 1. The summed E-state index contributed by atoms with van der Waals surface area (Å²) in [7, 11) is 1.67. The van der Waals surface area contributed by atoms with Gasteiger partial charge in [0.2, 0.25) is 11.8 Å². The molecule has 2 aromatic carbocycles. The Labute approximate surface area is 232 Å². The van der Waals surface area contributed by atoms with Crippen molar-refractivity contribution in [2.24, 2.45) is 0 Å². The van der Waals surface area contributed by atoms with Gasteiger partial charge in [-0.05, 0) is 51.4 Å². The van der Waals surface area contributed by atoms with Crippen molar-refractivity contribution in [2.45, 2.75) is 50.9 Å². The number of nitrogens with zero attached hydrogens (tertiary/aromatic N) is 3. The molecular formula is C28H35ClN6O4. The summed E-state index contributed by atoms with van der Waals surface area (Å²) < 4.78 is 11.9. The number of benzene rings is 2. The smallest absolute Gasteiger partial charge is 0.255 e. The number of ether oxygens (including phenoxy) is 2. The number of nitrogen functional groups attached to an aromatic ring is 1. The molecule has 208 valence electrons. The monoisotopic (exact) mass is 554 g/mol. The summed E-state index contributed by atoms with van der Waals surface area (Å²) in [6.45, 7) is 6.95. The van der Waals surface area contributed by atoms with Crippen LogP contribution >= 0.6 is 11.6 Å². The fourth-order valence-electron chi connectivity index (χ4n) is 5.37. The Kier molecular flexibility index (Phi) is 7.70. The number of nitrogens with one attached hydrogen (secondary N) is 2. The zero-order chi connectivity index (χ0) is 27.7. The Balaban J connectivity index is 1.15. The number of hydrogen-bond acceptors (Lipinski definition) is 9. The highest BCUT2D eigenvalue weighted by Crippen LogP contribution is 2.44. The Morgan fingerprint density at radius 3 is 2.92 bits per heavy atom. The van der Waals surface area contributed by atoms with Gasteiger partial charge < -0.3 is 35.8 Å². The van der Waals surface area contributed by atoms with Gasteiger partial charge in [-0.2, -0.15) is 4.98 Å². The van der Waals surface area contributed by atoms with Crippen molar-refractivity contribution >= 4 is 40.0 Å². The van der Waals surface area contributed by atoms with Crippen LogP contribution in [0.1, 0.15) is 42.6 Å². The third-order valence-corrected chi connectivity index (χ3v) is 7.69. The maximum atomic E-state index is 13.3. The molecule has 1 fully saturated rings. The largest absolute Gasteiger partial charge is 0.493 e. The molecule has 5 rings (SSSR count). The van der Waals surface area contributed by atoms with Gasteiger partial charge in [0.1, 0.15) is 11.4 Å². The molecule has 2 atom stereocenters. The second kappa shape index (κ2) is 11.0. The molecular weight excluding hydrogens is 520 g/mol. The molecule has 0 bridgehead atoms. The van der Waals surface area contributed by atoms with Crippen molar-refractivity contribution in [1.29, 1.82) is 0 Å². The molecule has 11 heteroatoms. The zero-order valence-electron chi connectivity index (χ0n) is 22.5. The van der Waals surface area contributed by atoms with E-state index in [2.05, 4.69) is 25.5 Å². The number of rotatable bonds is 8. The second-order valence-electron chi connectivity index (χ2n) is 10.8. The van der Waals surface area contributed by atoms with E-state index in [1.807, 2.05) is 32.0 Å². The van der Waals surface area contributed by atoms with E-state index >= 15 is 0 Å². The van der Waals surface area contributed by atoms with Crippen LogP contribution in [0.5, 0.6) is 11.6 Å². The minimum atomic E-state index is -0.452. The number of nitrogens with two attached hydrogens (primary N) is 1. The van der Waals surface area contributed by atoms with Crippen molar-refractivity contribution in [3.63, 3.8) is 0 Å². The summed E-state index contributed by atoms with van der Waals surface area (Å²) in [4.78, 5) is 24.3. The lowest BCUT2D eigenvalue weighted by atomic mass is 9.97. The number of fused-ring (bicyclic) bond motifs is 2. The Morgan fingerprint density at radius 1 is 1.33 bits per heavy atom. The van der Waals surface area contributed by atoms with Gasteiger partial charge in [0, 0.05) is 38.7 Å². The van der Waals surface area contributed by atoms with Crippen LogP contribution in [0.25, 0.3) is 10.9 Å². The van der Waals surface area contributed by atoms with Crippen LogP contribution in [0.4, 0.5) is 11.6 Å². The number of hydrogen-bond donors (Lipinski definition) is 4. The average Bonchev–Trinajstić information content (AvgIpc) is 3.24. The second-order valence-corrected chi connectivity index (χ2v) is 11.2. The van der Waals surface area contributed by atoms with Gasteiger partial charge in [-0.3, -0.25) is 4.79 Å². The van der Waals surface area contributed by atoms with Crippen molar-refractivity contribution in [1.82, 2.24) is 20.2 Å². The number of piperidine rings is 1. The first-order chi connectivity index (χ1) is 18.6. The molecule has 1 aromatic heterocycles. The number of anilines is 2. The van der Waals surface area contributed by atoms with E-state index in [-0.39, 0.29) is 23.9 Å². The molecule has 1 amide bonds. The Bertz CT molecular complexity index is 1380. The maximum absolute atomic E-state index is 13.3. The van der Waals surface area contributed by atoms with E-state index in [4.69, 9.17) is 26.8 Å². The summed E-state index contributed by atoms with van der Waals surface area (Å²) >= 11 is 6.37. The van der Waals surface area contributed by atoms with E-state index in [1.54, 1.807) is 19.2 Å². The molecule has 0 unspecified atom stereocenters. The minimum absolute atomic E-state index is 0.0309. The maximum Gasteiger partial charge on any atom is 0.255 e. The van der Waals surface area contributed by atoms with Gasteiger partial charge in [0.25, 0.3) is 5.91 Å². The average molecular weight is 555 g/mol. The van der Waals surface area contributed by atoms with Gasteiger partial charge in [0.15, 0.2) is 0 Å². The number of amides is 1. The Morgan fingerprint density at radius 2 is 2.13 bits per heavy atom. The highest BCUT2D eigenvalue weighted by Gasteiger charge is 2.37. The van der Waals surface area contributed by atoms with Crippen LogP contribution in [-0.2, 0) is 11.2 Å². The molecule has 0 aliphatic carbocycles. The highest BCUT2D eigenvalue weighted by atomic mass is 35.5. The van der Waals surface area contributed by atoms with Crippen LogP contribution in [0, 0.1) is 0 Å². The molecule has 5 N–H and O–H groups in total. The van der Waals surface area contributed by atoms with Crippen LogP contribution in [0.2, 0.25) is 5.02 Å². The number of aromatic nitrogens is 2. The van der Waals surface area contributed by atoms with E-state index < -0.39 is 5.60 Å². The van der Waals surface area contributed by atoms with E-state index in [0.29, 0.717) is 58.4 Å². The summed E-state index contributed by atoms with van der Waals surface area (Å²) in [5.41, 5.74) is 8.09. The summed E-state index contributed by atoms with van der Waals surface area (Å²) in [6, 6.07) is 8.80. The molecule has 39 heavy (non-hydrogen) atoms. The molecule has 3 aromatic rings. The molecule has 10 nitrogen and oxygen atoms in total. The molecule has 1 saturated heterocycles. The minimum Gasteiger partial charge on any atom is -0.493 e. The van der Waals surface area contributed by atoms with Gasteiger partial charge in [-0.15, -0.1) is 0 Å². The summed E-state index contributed by atoms with van der Waals surface area (Å²) in [5, 5.41) is 17.5. The molecule has 3 heterocycles. The lowest BCUT2D eigenvalue weighted by Gasteiger charge is -2.38. The van der Waals surface area contributed by atoms with Crippen molar-refractivity contribution in [3.05, 3.63) is 46.5 Å². The molecule has 0 radical (unpaired) electrons. The number of halogens is 1. The van der Waals surface area contributed by atoms with Crippen LogP contribution in [0.15, 0.2) is 30.3 Å². The summed E-state index contributed by atoms with van der Waals surface area (Å²) in [5.74, 6) is 0.650. The van der Waals surface area contributed by atoms with E-state index in [9.17, 15) is 9.90 Å². The van der Waals surface area contributed by atoms with Crippen LogP contribution < -0.4 is 21.1 Å². The Hall–Kier alpha value is -3.34. The third-order valence-electron chi connectivity index (χ3n) is 7.38. The van der Waals surface area contributed by atoms with Crippen LogP contribution in [0.3, 0.4) is 0 Å². The predicted molar refractivity (Wildman–Crippen MR) is 152 cm³/mol.